The highest BCUT2D eigenvalue weighted by atomic mass is 16.3. The summed E-state index contributed by atoms with van der Waals surface area (Å²) < 4.78 is 0. The maximum Gasteiger partial charge on any atom is 0.230 e. The van der Waals surface area contributed by atoms with Gasteiger partial charge in [-0.2, -0.15) is 0 Å². The van der Waals surface area contributed by atoms with E-state index >= 15 is 0 Å². The Morgan fingerprint density at radius 3 is 2.62 bits per heavy atom. The van der Waals surface area contributed by atoms with Gasteiger partial charge in [0.05, 0.1) is 11.5 Å². The molecular weight excluding hydrogens is 366 g/mol. The number of carbonyl (C=O) groups excluding carboxylic acids is 2. The molecule has 0 unspecified atom stereocenters. The summed E-state index contributed by atoms with van der Waals surface area (Å²) in [5.41, 5.74) is 2.83. The molecule has 6 nitrogen and oxygen atoms in total. The average Bonchev–Trinajstić information content (AvgIpc) is 2.98. The highest BCUT2D eigenvalue weighted by molar-refractivity contribution is 5.89. The molecule has 2 saturated heterocycles. The van der Waals surface area contributed by atoms with Gasteiger partial charge in [-0.3, -0.25) is 9.59 Å². The number of hydrogen-bond acceptors (Lipinski definition) is 4. The summed E-state index contributed by atoms with van der Waals surface area (Å²) in [6.07, 6.45) is 6.22. The van der Waals surface area contributed by atoms with Crippen molar-refractivity contribution < 1.29 is 14.7 Å². The monoisotopic (exact) mass is 399 g/mol. The molecule has 1 aromatic carbocycles. The van der Waals surface area contributed by atoms with E-state index in [0.29, 0.717) is 11.9 Å². The molecule has 1 saturated carbocycles. The van der Waals surface area contributed by atoms with Crippen molar-refractivity contribution >= 4 is 23.2 Å². The fraction of sp³-hybridized carbons (Fsp3) is 0.652. The fourth-order valence-corrected chi connectivity index (χ4v) is 5.57. The lowest BCUT2D eigenvalue weighted by Crippen LogP contribution is -2.50. The molecule has 6 heteroatoms. The molecule has 2 aliphatic heterocycles. The van der Waals surface area contributed by atoms with E-state index in [1.165, 1.54) is 6.92 Å². The molecular formula is C23H33N3O3. The zero-order chi connectivity index (χ0) is 20.6. The Balaban J connectivity index is 1.48. The summed E-state index contributed by atoms with van der Waals surface area (Å²) in [4.78, 5) is 29.3. The van der Waals surface area contributed by atoms with Gasteiger partial charge in [0.1, 0.15) is 0 Å². The summed E-state index contributed by atoms with van der Waals surface area (Å²) in [5, 5.41) is 12.6. The van der Waals surface area contributed by atoms with Crippen molar-refractivity contribution in [2.75, 3.05) is 29.9 Å². The first kappa shape index (κ1) is 20.2. The number of piperidine rings is 1. The van der Waals surface area contributed by atoms with E-state index in [0.717, 1.165) is 81.5 Å². The van der Waals surface area contributed by atoms with Crippen molar-refractivity contribution in [3.05, 3.63) is 23.8 Å². The summed E-state index contributed by atoms with van der Waals surface area (Å²) >= 11 is 0. The Labute approximate surface area is 173 Å². The number of rotatable bonds is 3. The third kappa shape index (κ3) is 4.00. The van der Waals surface area contributed by atoms with E-state index in [-0.39, 0.29) is 17.4 Å². The Hall–Kier alpha value is -2.08. The molecule has 1 spiro atoms. The normalized spacial score (nSPS) is 30.1. The molecule has 0 aromatic heterocycles. The van der Waals surface area contributed by atoms with Gasteiger partial charge in [0.2, 0.25) is 11.8 Å². The highest BCUT2D eigenvalue weighted by Crippen LogP contribution is 2.44. The second-order valence-corrected chi connectivity index (χ2v) is 9.20. The Kier molecular flexibility index (Phi) is 5.56. The molecule has 0 radical (unpaired) electrons. The number of carbonyl (C=O) groups is 2. The predicted molar refractivity (Wildman–Crippen MR) is 114 cm³/mol. The number of aryl methyl sites for hydroxylation is 1. The van der Waals surface area contributed by atoms with Gasteiger partial charge in [0.15, 0.2) is 0 Å². The topological polar surface area (TPSA) is 72.9 Å². The van der Waals surface area contributed by atoms with E-state index in [1.54, 1.807) is 0 Å². The van der Waals surface area contributed by atoms with E-state index in [1.807, 2.05) is 12.1 Å². The van der Waals surface area contributed by atoms with Crippen LogP contribution in [0.3, 0.4) is 0 Å². The van der Waals surface area contributed by atoms with Crippen LogP contribution in [0, 0.1) is 12.3 Å². The molecule has 2 amide bonds. The van der Waals surface area contributed by atoms with Gasteiger partial charge in [-0.15, -0.1) is 0 Å². The number of likely N-dealkylation sites (tertiary alicyclic amines) is 1. The predicted octanol–water partition coefficient (Wildman–Crippen LogP) is 3.08. The summed E-state index contributed by atoms with van der Waals surface area (Å²) in [6, 6.07) is 6.33. The van der Waals surface area contributed by atoms with Gasteiger partial charge < -0.3 is 20.2 Å². The number of aliphatic hydroxyl groups is 1. The Morgan fingerprint density at radius 2 is 1.93 bits per heavy atom. The van der Waals surface area contributed by atoms with Crippen LogP contribution in [0.1, 0.15) is 57.4 Å². The molecule has 3 fully saturated rings. The standard InChI is InChI=1S/C23H33N3O3/c1-16-14-18(24-17(2)27)4-9-21(16)25-12-3-10-23(15-25)11-13-26(22(23)29)19-5-7-20(28)8-6-19/h4,9,14,19-20,28H,3,5-8,10-13,15H2,1-2H3,(H,24,27)/t19-,20-,23-/m0/s1. The lowest BCUT2D eigenvalue weighted by Gasteiger charge is -2.42. The third-order valence-electron chi connectivity index (χ3n) is 7.09. The molecule has 1 aromatic rings. The van der Waals surface area contributed by atoms with Crippen LogP contribution in [-0.4, -0.2) is 53.6 Å². The lowest BCUT2D eigenvalue weighted by molar-refractivity contribution is -0.139. The number of amides is 2. The zero-order valence-electron chi connectivity index (χ0n) is 17.6. The third-order valence-corrected chi connectivity index (χ3v) is 7.09. The molecule has 1 atom stereocenters. The van der Waals surface area contributed by atoms with E-state index in [4.69, 9.17) is 0 Å². The number of hydrogen-bond donors (Lipinski definition) is 2. The smallest absolute Gasteiger partial charge is 0.230 e. The first-order valence-electron chi connectivity index (χ1n) is 11.0. The van der Waals surface area contributed by atoms with Gasteiger partial charge in [-0.25, -0.2) is 0 Å². The summed E-state index contributed by atoms with van der Waals surface area (Å²) in [6.45, 7) is 6.18. The molecule has 158 valence electrons. The van der Waals surface area contributed by atoms with Crippen LogP contribution >= 0.6 is 0 Å². The minimum Gasteiger partial charge on any atom is -0.393 e. The first-order chi connectivity index (χ1) is 13.9. The molecule has 3 aliphatic rings. The van der Waals surface area contributed by atoms with Crippen molar-refractivity contribution in [2.45, 2.75) is 70.9 Å². The number of nitrogens with zero attached hydrogens (tertiary/aromatic N) is 2. The second-order valence-electron chi connectivity index (χ2n) is 9.20. The zero-order valence-corrected chi connectivity index (χ0v) is 17.6. The molecule has 0 bridgehead atoms. The van der Waals surface area contributed by atoms with Crippen LogP contribution in [0.4, 0.5) is 11.4 Å². The van der Waals surface area contributed by atoms with E-state index in [2.05, 4.69) is 28.1 Å². The molecule has 1 aliphatic carbocycles. The van der Waals surface area contributed by atoms with Crippen molar-refractivity contribution in [3.8, 4) is 0 Å². The van der Waals surface area contributed by atoms with Crippen molar-refractivity contribution in [1.82, 2.24) is 4.90 Å². The SMILES string of the molecule is CC(=O)Nc1ccc(N2CCC[C@]3(CCN([C@H]4CC[C@H](O)CC4)C3=O)C2)c(C)c1. The number of aliphatic hydroxyl groups excluding tert-OH is 1. The summed E-state index contributed by atoms with van der Waals surface area (Å²) in [7, 11) is 0. The van der Waals surface area contributed by atoms with Crippen molar-refractivity contribution in [3.63, 3.8) is 0 Å². The van der Waals surface area contributed by atoms with Crippen molar-refractivity contribution in [2.24, 2.45) is 5.41 Å². The maximum absolute atomic E-state index is 13.5. The number of nitrogens with one attached hydrogen (secondary N) is 1. The van der Waals surface area contributed by atoms with Crippen LogP contribution < -0.4 is 10.2 Å². The van der Waals surface area contributed by atoms with E-state index in [9.17, 15) is 14.7 Å². The average molecular weight is 400 g/mol. The van der Waals surface area contributed by atoms with Crippen LogP contribution in [-0.2, 0) is 9.59 Å². The molecule has 4 rings (SSSR count). The Morgan fingerprint density at radius 1 is 1.17 bits per heavy atom. The van der Waals surface area contributed by atoms with Crippen LogP contribution in [0.5, 0.6) is 0 Å². The molecule has 2 N–H and O–H groups in total. The lowest BCUT2D eigenvalue weighted by atomic mass is 9.78. The molecule has 29 heavy (non-hydrogen) atoms. The minimum absolute atomic E-state index is 0.0686. The van der Waals surface area contributed by atoms with Crippen LogP contribution in [0.15, 0.2) is 18.2 Å². The van der Waals surface area contributed by atoms with Gasteiger partial charge >= 0.3 is 0 Å². The largest absolute Gasteiger partial charge is 0.393 e. The van der Waals surface area contributed by atoms with Gasteiger partial charge in [-0.1, -0.05) is 0 Å². The maximum atomic E-state index is 13.5. The first-order valence-corrected chi connectivity index (χ1v) is 11.0. The van der Waals surface area contributed by atoms with Crippen LogP contribution in [0.2, 0.25) is 0 Å². The van der Waals surface area contributed by atoms with Gasteiger partial charge in [-0.05, 0) is 75.6 Å². The Bertz CT molecular complexity index is 788. The summed E-state index contributed by atoms with van der Waals surface area (Å²) in [5.74, 6) is 0.261. The minimum atomic E-state index is -0.267. The van der Waals surface area contributed by atoms with Crippen molar-refractivity contribution in [1.29, 1.82) is 0 Å². The second kappa shape index (κ2) is 7.98. The number of benzene rings is 1. The van der Waals surface area contributed by atoms with Gasteiger partial charge in [0, 0.05) is 44.0 Å². The highest BCUT2D eigenvalue weighted by Gasteiger charge is 2.50. The quantitative estimate of drug-likeness (QED) is 0.819. The van der Waals surface area contributed by atoms with Crippen LogP contribution in [0.25, 0.3) is 0 Å². The number of anilines is 2. The van der Waals surface area contributed by atoms with Gasteiger partial charge in [0.25, 0.3) is 0 Å². The van der Waals surface area contributed by atoms with E-state index < -0.39 is 0 Å². The molecule has 2 heterocycles. The fourth-order valence-electron chi connectivity index (χ4n) is 5.57.